The van der Waals surface area contributed by atoms with Crippen molar-refractivity contribution >= 4 is 10.1 Å². The molecule has 0 bridgehead atoms. The van der Waals surface area contributed by atoms with E-state index in [9.17, 15) is 13.0 Å². The number of hydrogen-bond donors (Lipinski definition) is 1. The Hall–Kier alpha value is -2.77. The first-order valence-corrected chi connectivity index (χ1v) is 9.22. The summed E-state index contributed by atoms with van der Waals surface area (Å²) in [5, 5.41) is 0. The summed E-state index contributed by atoms with van der Waals surface area (Å²) < 4.78 is 34.0. The van der Waals surface area contributed by atoms with E-state index in [4.69, 9.17) is 5.84 Å². The quantitative estimate of drug-likeness (QED) is 0.401. The molecule has 0 atom stereocenters. The van der Waals surface area contributed by atoms with Crippen molar-refractivity contribution in [2.45, 2.75) is 25.7 Å². The van der Waals surface area contributed by atoms with Crippen molar-refractivity contribution in [1.82, 2.24) is 4.98 Å². The third-order valence-corrected chi connectivity index (χ3v) is 4.30. The van der Waals surface area contributed by atoms with Crippen LogP contribution in [0.3, 0.4) is 0 Å². The van der Waals surface area contributed by atoms with E-state index in [0.29, 0.717) is 11.1 Å². The van der Waals surface area contributed by atoms with Crippen molar-refractivity contribution in [1.29, 1.82) is 0 Å². The van der Waals surface area contributed by atoms with Crippen LogP contribution in [0.4, 0.5) is 0 Å². The second-order valence-corrected chi connectivity index (χ2v) is 6.85. The molecule has 7 heteroatoms. The van der Waals surface area contributed by atoms with Crippen LogP contribution in [0.1, 0.15) is 16.7 Å². The minimum Gasteiger partial charge on any atom is -0.744 e. The van der Waals surface area contributed by atoms with Gasteiger partial charge in [0.2, 0.25) is 0 Å². The van der Waals surface area contributed by atoms with Gasteiger partial charge in [0.25, 0.3) is 0 Å². The molecule has 3 aromatic rings. The fraction of sp³-hybridized carbons (Fsp3) is 0.158. The zero-order valence-electron chi connectivity index (χ0n) is 15.0. The van der Waals surface area contributed by atoms with E-state index in [1.807, 2.05) is 43.3 Å². The summed E-state index contributed by atoms with van der Waals surface area (Å²) in [5.74, 6) is 5.27. The molecule has 0 saturated heterocycles. The molecule has 0 unspecified atom stereocenters. The van der Waals surface area contributed by atoms with Gasteiger partial charge in [-0.2, -0.15) is 0 Å². The lowest BCUT2D eigenvalue weighted by Crippen LogP contribution is -2.42. The maximum absolute atomic E-state index is 10.8. The molecular weight excluding hydrogens is 350 g/mol. The Morgan fingerprint density at radius 3 is 1.62 bits per heavy atom. The van der Waals surface area contributed by atoms with E-state index in [2.05, 4.69) is 4.98 Å². The molecule has 1 aromatic carbocycles. The Kier molecular flexibility index (Phi) is 8.41. The van der Waals surface area contributed by atoms with E-state index in [1.54, 1.807) is 50.8 Å². The van der Waals surface area contributed by atoms with Gasteiger partial charge in [0.05, 0.1) is 4.90 Å². The van der Waals surface area contributed by atoms with E-state index in [0.717, 1.165) is 5.56 Å². The summed E-state index contributed by atoms with van der Waals surface area (Å²) >= 11 is 0. The van der Waals surface area contributed by atoms with Crippen LogP contribution in [0.5, 0.6) is 0 Å². The van der Waals surface area contributed by atoms with Gasteiger partial charge in [-0.25, -0.2) is 14.3 Å². The monoisotopic (exact) mass is 373 g/mol. The van der Waals surface area contributed by atoms with Gasteiger partial charge < -0.3 is 4.55 Å². The van der Waals surface area contributed by atoms with Gasteiger partial charge in [-0.15, -0.1) is 0 Å². The van der Waals surface area contributed by atoms with Crippen LogP contribution in [-0.4, -0.2) is 18.0 Å². The molecule has 6 nitrogen and oxygen atoms in total. The Morgan fingerprint density at radius 1 is 0.885 bits per heavy atom. The van der Waals surface area contributed by atoms with Crippen molar-refractivity contribution < 1.29 is 17.6 Å². The number of rotatable bonds is 1. The highest BCUT2D eigenvalue weighted by atomic mass is 32.2. The zero-order valence-corrected chi connectivity index (χ0v) is 15.8. The highest BCUT2D eigenvalue weighted by molar-refractivity contribution is 7.85. The SMILES string of the molecule is Cc1cc(C)c(S(=O)(=O)[O-])c(C)c1.N[n+]1ccccc1.c1ccncc1. The molecule has 2 aromatic heterocycles. The fourth-order valence-electron chi connectivity index (χ4n) is 2.29. The molecule has 0 aliphatic rings. The van der Waals surface area contributed by atoms with Crippen LogP contribution in [0, 0.1) is 20.8 Å². The van der Waals surface area contributed by atoms with Crippen molar-refractivity contribution in [3.8, 4) is 0 Å². The van der Waals surface area contributed by atoms with Crippen LogP contribution in [0.15, 0.2) is 78.2 Å². The first-order chi connectivity index (χ1) is 12.2. The Labute approximate surface area is 154 Å². The third-order valence-electron chi connectivity index (χ3n) is 3.16. The van der Waals surface area contributed by atoms with E-state index in [-0.39, 0.29) is 4.90 Å². The lowest BCUT2D eigenvalue weighted by molar-refractivity contribution is -0.638. The molecule has 26 heavy (non-hydrogen) atoms. The standard InChI is InChI=1S/C9H12O3S.C5H7N2.C5H5N/c1-6-4-7(2)9(8(3)5-6)13(10,11)12;6-7-4-2-1-3-5-7;1-2-4-6-5-3-1/h4-5H,1-3H3,(H,10,11,12);1-5H,6H2;1-5H/q;+1;/p-1. The number of benzene rings is 1. The van der Waals surface area contributed by atoms with Gasteiger partial charge in [0, 0.05) is 24.5 Å². The van der Waals surface area contributed by atoms with Crippen LogP contribution in [0.25, 0.3) is 0 Å². The summed E-state index contributed by atoms with van der Waals surface area (Å²) in [6, 6.07) is 14.8. The van der Waals surface area contributed by atoms with E-state index in [1.165, 1.54) is 4.68 Å². The second-order valence-electron chi connectivity index (χ2n) is 5.53. The van der Waals surface area contributed by atoms with Crippen molar-refractivity contribution in [2.75, 3.05) is 5.84 Å². The van der Waals surface area contributed by atoms with E-state index < -0.39 is 10.1 Å². The van der Waals surface area contributed by atoms with Gasteiger partial charge in [-0.05, 0) is 44.0 Å². The number of nitrogens with zero attached hydrogens (tertiary/aromatic N) is 2. The second kappa shape index (κ2) is 10.3. The summed E-state index contributed by atoms with van der Waals surface area (Å²) in [4.78, 5) is 3.70. The molecule has 2 heterocycles. The molecular formula is C19H23N3O3S. The molecule has 0 amide bonds. The number of nitrogen functional groups attached to an aromatic ring is 1. The molecule has 3 rings (SSSR count). The maximum atomic E-state index is 10.8. The molecule has 0 fully saturated rings. The van der Waals surface area contributed by atoms with Gasteiger partial charge in [-0.3, -0.25) is 4.98 Å². The van der Waals surface area contributed by atoms with Crippen molar-refractivity contribution in [3.63, 3.8) is 0 Å². The predicted molar refractivity (Wildman–Crippen MR) is 99.6 cm³/mol. The van der Waals surface area contributed by atoms with Crippen LogP contribution >= 0.6 is 0 Å². The first-order valence-electron chi connectivity index (χ1n) is 7.82. The largest absolute Gasteiger partial charge is 0.744 e. The van der Waals surface area contributed by atoms with E-state index >= 15 is 0 Å². The minimum atomic E-state index is -4.33. The highest BCUT2D eigenvalue weighted by Gasteiger charge is 2.09. The topological polar surface area (TPSA) is 100.0 Å². The van der Waals surface area contributed by atoms with Crippen LogP contribution < -0.4 is 10.5 Å². The summed E-state index contributed by atoms with van der Waals surface area (Å²) in [5.41, 5.74) is 2.00. The number of aromatic nitrogens is 2. The van der Waals surface area contributed by atoms with Gasteiger partial charge >= 0.3 is 0 Å². The number of nitrogens with two attached hydrogens (primary N) is 1. The van der Waals surface area contributed by atoms with Gasteiger partial charge in [0.1, 0.15) is 10.1 Å². The summed E-state index contributed by atoms with van der Waals surface area (Å²) in [7, 11) is -4.33. The smallest absolute Gasteiger partial charge is 0.199 e. The Morgan fingerprint density at radius 2 is 1.35 bits per heavy atom. The summed E-state index contributed by atoms with van der Waals surface area (Å²) in [6.45, 7) is 5.12. The minimum absolute atomic E-state index is 0.0851. The fourth-order valence-corrected chi connectivity index (χ4v) is 3.19. The first kappa shape index (κ1) is 21.3. The third kappa shape index (κ3) is 7.87. The molecule has 138 valence electrons. The Balaban J connectivity index is 0.000000217. The molecule has 2 N–H and O–H groups in total. The average molecular weight is 373 g/mol. The summed E-state index contributed by atoms with van der Waals surface area (Å²) in [6.07, 6.45) is 7.06. The molecule has 0 aliphatic heterocycles. The number of aryl methyl sites for hydroxylation is 3. The highest BCUT2D eigenvalue weighted by Crippen LogP contribution is 2.20. The maximum Gasteiger partial charge on any atom is 0.199 e. The van der Waals surface area contributed by atoms with Crippen molar-refractivity contribution in [3.05, 3.63) is 90.0 Å². The Bertz CT molecular complexity index is 850. The lowest BCUT2D eigenvalue weighted by atomic mass is 10.1. The van der Waals surface area contributed by atoms with Gasteiger partial charge in [-0.1, -0.05) is 34.5 Å². The molecule has 0 radical (unpaired) electrons. The zero-order chi connectivity index (χ0) is 19.6. The lowest BCUT2D eigenvalue weighted by Gasteiger charge is -2.14. The predicted octanol–water partition coefficient (Wildman–Crippen LogP) is 2.29. The van der Waals surface area contributed by atoms with Crippen LogP contribution in [-0.2, 0) is 10.1 Å². The molecule has 0 aliphatic carbocycles. The average Bonchev–Trinajstić information content (AvgIpc) is 2.56. The molecule has 0 spiro atoms. The van der Waals surface area contributed by atoms with Crippen LogP contribution in [0.2, 0.25) is 0 Å². The molecule has 0 saturated carbocycles. The number of hydrogen-bond acceptors (Lipinski definition) is 5. The normalized spacial score (nSPS) is 10.0. The number of pyridine rings is 2. The van der Waals surface area contributed by atoms with Gasteiger partial charge in [0.15, 0.2) is 12.4 Å². The van der Waals surface area contributed by atoms with Crippen molar-refractivity contribution in [2.24, 2.45) is 0 Å².